The van der Waals surface area contributed by atoms with Crippen molar-refractivity contribution in [2.75, 3.05) is 26.4 Å². The van der Waals surface area contributed by atoms with Gasteiger partial charge in [0.2, 0.25) is 5.91 Å². The molecule has 0 aromatic heterocycles. The van der Waals surface area contributed by atoms with Crippen LogP contribution in [0.2, 0.25) is 0 Å². The summed E-state index contributed by atoms with van der Waals surface area (Å²) in [4.78, 5) is 11.2. The minimum Gasteiger partial charge on any atom is -0.381 e. The number of carbonyl (C=O) groups excluding carboxylic acids is 1. The maximum atomic E-state index is 11.2. The molecule has 1 saturated carbocycles. The fourth-order valence-electron chi connectivity index (χ4n) is 2.21. The molecule has 104 valence electrons. The predicted octanol–water partition coefficient (Wildman–Crippen LogP) is 0.426. The van der Waals surface area contributed by atoms with Crippen molar-refractivity contribution in [3.63, 3.8) is 0 Å². The molecule has 1 aliphatic carbocycles. The SMILES string of the molecule is NC(=O)C(CCOCC1CCOCC1)NC1CC1. The number of carbonyl (C=O) groups is 1. The Labute approximate surface area is 108 Å². The average molecular weight is 256 g/mol. The monoisotopic (exact) mass is 256 g/mol. The van der Waals surface area contributed by atoms with E-state index in [2.05, 4.69) is 5.32 Å². The normalized spacial score (nSPS) is 22.9. The molecule has 5 heteroatoms. The largest absolute Gasteiger partial charge is 0.381 e. The molecular formula is C13H24N2O3. The van der Waals surface area contributed by atoms with Gasteiger partial charge in [-0.15, -0.1) is 0 Å². The molecule has 0 aromatic rings. The van der Waals surface area contributed by atoms with Crippen LogP contribution in [-0.4, -0.2) is 44.4 Å². The third kappa shape index (κ3) is 4.92. The third-order valence-corrected chi connectivity index (χ3v) is 3.60. The van der Waals surface area contributed by atoms with Crippen LogP contribution in [0.1, 0.15) is 32.1 Å². The van der Waals surface area contributed by atoms with E-state index in [1.165, 1.54) is 0 Å². The van der Waals surface area contributed by atoms with E-state index in [-0.39, 0.29) is 11.9 Å². The van der Waals surface area contributed by atoms with Gasteiger partial charge >= 0.3 is 0 Å². The Morgan fingerprint density at radius 1 is 1.33 bits per heavy atom. The summed E-state index contributed by atoms with van der Waals surface area (Å²) in [6.45, 7) is 3.07. The molecule has 0 spiro atoms. The van der Waals surface area contributed by atoms with E-state index in [4.69, 9.17) is 15.2 Å². The van der Waals surface area contributed by atoms with Crippen LogP contribution in [0, 0.1) is 5.92 Å². The van der Waals surface area contributed by atoms with Crippen molar-refractivity contribution in [2.24, 2.45) is 11.7 Å². The zero-order chi connectivity index (χ0) is 12.8. The molecule has 0 aromatic carbocycles. The quantitative estimate of drug-likeness (QED) is 0.618. The fourth-order valence-corrected chi connectivity index (χ4v) is 2.21. The number of nitrogens with one attached hydrogen (secondary N) is 1. The van der Waals surface area contributed by atoms with Gasteiger partial charge in [0.25, 0.3) is 0 Å². The van der Waals surface area contributed by atoms with E-state index >= 15 is 0 Å². The van der Waals surface area contributed by atoms with Crippen LogP contribution in [0.4, 0.5) is 0 Å². The number of nitrogens with two attached hydrogens (primary N) is 1. The van der Waals surface area contributed by atoms with Crippen LogP contribution >= 0.6 is 0 Å². The number of amides is 1. The van der Waals surface area contributed by atoms with Crippen molar-refractivity contribution in [2.45, 2.75) is 44.2 Å². The Kier molecular flexibility index (Phi) is 5.41. The van der Waals surface area contributed by atoms with Gasteiger partial charge in [-0.3, -0.25) is 4.79 Å². The van der Waals surface area contributed by atoms with E-state index in [0.717, 1.165) is 45.5 Å². The van der Waals surface area contributed by atoms with Gasteiger partial charge in [-0.25, -0.2) is 0 Å². The van der Waals surface area contributed by atoms with Gasteiger partial charge in [0.15, 0.2) is 0 Å². The first-order valence-electron chi connectivity index (χ1n) is 6.96. The standard InChI is InChI=1S/C13H24N2O3/c14-13(16)12(15-11-1-2-11)5-8-18-9-10-3-6-17-7-4-10/h10-12,15H,1-9H2,(H2,14,16). The smallest absolute Gasteiger partial charge is 0.234 e. The molecule has 1 aliphatic heterocycles. The Morgan fingerprint density at radius 2 is 2.06 bits per heavy atom. The predicted molar refractivity (Wildman–Crippen MR) is 68.1 cm³/mol. The highest BCUT2D eigenvalue weighted by Gasteiger charge is 2.27. The molecular weight excluding hydrogens is 232 g/mol. The van der Waals surface area contributed by atoms with Crippen LogP contribution in [0.5, 0.6) is 0 Å². The highest BCUT2D eigenvalue weighted by molar-refractivity contribution is 5.79. The van der Waals surface area contributed by atoms with Gasteiger partial charge in [-0.2, -0.15) is 0 Å². The van der Waals surface area contributed by atoms with Crippen LogP contribution < -0.4 is 11.1 Å². The third-order valence-electron chi connectivity index (χ3n) is 3.60. The Balaban J connectivity index is 1.55. The number of rotatable bonds is 8. The van der Waals surface area contributed by atoms with Gasteiger partial charge < -0.3 is 20.5 Å². The Hall–Kier alpha value is -0.650. The summed E-state index contributed by atoms with van der Waals surface area (Å²) in [5, 5.41) is 3.25. The van der Waals surface area contributed by atoms with Gasteiger partial charge in [0.05, 0.1) is 6.04 Å². The molecule has 2 aliphatic rings. The number of ether oxygens (including phenoxy) is 2. The second-order valence-electron chi connectivity index (χ2n) is 5.32. The molecule has 2 fully saturated rings. The highest BCUT2D eigenvalue weighted by atomic mass is 16.5. The average Bonchev–Trinajstić information content (AvgIpc) is 3.18. The Morgan fingerprint density at radius 3 is 2.67 bits per heavy atom. The van der Waals surface area contributed by atoms with Gasteiger partial charge in [-0.1, -0.05) is 0 Å². The second-order valence-corrected chi connectivity index (χ2v) is 5.32. The van der Waals surface area contributed by atoms with Crippen LogP contribution in [0.3, 0.4) is 0 Å². The van der Waals surface area contributed by atoms with E-state index < -0.39 is 0 Å². The second kappa shape index (κ2) is 7.07. The van der Waals surface area contributed by atoms with Gasteiger partial charge in [0, 0.05) is 32.5 Å². The minimum absolute atomic E-state index is 0.229. The van der Waals surface area contributed by atoms with Crippen LogP contribution in [0.25, 0.3) is 0 Å². The molecule has 1 saturated heterocycles. The summed E-state index contributed by atoms with van der Waals surface area (Å²) in [5.41, 5.74) is 5.36. The van der Waals surface area contributed by atoms with Crippen LogP contribution in [-0.2, 0) is 14.3 Å². The summed E-state index contributed by atoms with van der Waals surface area (Å²) >= 11 is 0. The molecule has 2 rings (SSSR count). The lowest BCUT2D eigenvalue weighted by atomic mass is 10.0. The zero-order valence-corrected chi connectivity index (χ0v) is 10.9. The summed E-state index contributed by atoms with van der Waals surface area (Å²) in [7, 11) is 0. The van der Waals surface area contributed by atoms with Crippen molar-refractivity contribution >= 4 is 5.91 Å². The fraction of sp³-hybridized carbons (Fsp3) is 0.923. The molecule has 1 unspecified atom stereocenters. The first-order valence-corrected chi connectivity index (χ1v) is 6.96. The summed E-state index contributed by atoms with van der Waals surface area (Å²) in [5.74, 6) is 0.346. The van der Waals surface area contributed by atoms with Gasteiger partial charge in [0.1, 0.15) is 0 Å². The highest BCUT2D eigenvalue weighted by Crippen LogP contribution is 2.20. The van der Waals surface area contributed by atoms with E-state index in [1.54, 1.807) is 0 Å². The first kappa shape index (κ1) is 13.8. The van der Waals surface area contributed by atoms with E-state index in [1.807, 2.05) is 0 Å². The lowest BCUT2D eigenvalue weighted by Crippen LogP contribution is -2.43. The molecule has 0 radical (unpaired) electrons. The lowest BCUT2D eigenvalue weighted by molar-refractivity contribution is -0.120. The maximum absolute atomic E-state index is 11.2. The number of primary amides is 1. The van der Waals surface area contributed by atoms with Crippen molar-refractivity contribution < 1.29 is 14.3 Å². The summed E-state index contributed by atoms with van der Waals surface area (Å²) in [6, 6.07) is 0.269. The Bertz CT molecular complexity index is 263. The summed E-state index contributed by atoms with van der Waals surface area (Å²) < 4.78 is 11.0. The topological polar surface area (TPSA) is 73.6 Å². The zero-order valence-electron chi connectivity index (χ0n) is 10.9. The number of hydrogen-bond donors (Lipinski definition) is 2. The van der Waals surface area contributed by atoms with E-state index in [0.29, 0.717) is 25.0 Å². The van der Waals surface area contributed by atoms with Crippen molar-refractivity contribution in [3.05, 3.63) is 0 Å². The van der Waals surface area contributed by atoms with Crippen molar-refractivity contribution in [1.29, 1.82) is 0 Å². The molecule has 1 atom stereocenters. The summed E-state index contributed by atoms with van der Waals surface area (Å²) in [6.07, 6.45) is 5.16. The maximum Gasteiger partial charge on any atom is 0.234 e. The van der Waals surface area contributed by atoms with Crippen molar-refractivity contribution in [1.82, 2.24) is 5.32 Å². The van der Waals surface area contributed by atoms with Crippen molar-refractivity contribution in [3.8, 4) is 0 Å². The van der Waals surface area contributed by atoms with Gasteiger partial charge in [-0.05, 0) is 38.0 Å². The molecule has 1 amide bonds. The lowest BCUT2D eigenvalue weighted by Gasteiger charge is -2.22. The first-order chi connectivity index (χ1) is 8.75. The minimum atomic E-state index is -0.267. The number of hydrogen-bond acceptors (Lipinski definition) is 4. The molecule has 0 bridgehead atoms. The molecule has 1 heterocycles. The molecule has 3 N–H and O–H groups in total. The molecule has 18 heavy (non-hydrogen) atoms. The van der Waals surface area contributed by atoms with E-state index in [9.17, 15) is 4.79 Å². The molecule has 5 nitrogen and oxygen atoms in total. The van der Waals surface area contributed by atoms with Crippen LogP contribution in [0.15, 0.2) is 0 Å².